The number of nitrogens with zero attached hydrogens (tertiary/aromatic N) is 1. The first-order valence-corrected chi connectivity index (χ1v) is 8.71. The van der Waals surface area contributed by atoms with E-state index in [1.54, 1.807) is 6.07 Å². The number of hydrogen-bond acceptors (Lipinski definition) is 5. The molecule has 1 heterocycles. The highest BCUT2D eigenvalue weighted by Gasteiger charge is 2.14. The van der Waals surface area contributed by atoms with E-state index in [2.05, 4.69) is 34.9 Å². The predicted molar refractivity (Wildman–Crippen MR) is 101 cm³/mol. The Morgan fingerprint density at radius 2 is 1.89 bits per heavy atom. The summed E-state index contributed by atoms with van der Waals surface area (Å²) in [6.07, 6.45) is 2.28. The molecule has 3 rings (SSSR count). The fourth-order valence-corrected chi connectivity index (χ4v) is 2.62. The minimum absolute atomic E-state index is 0.0413. The number of ether oxygens (including phenoxy) is 2. The molecule has 0 saturated heterocycles. The van der Waals surface area contributed by atoms with Crippen LogP contribution in [0, 0.1) is 18.3 Å². The fourth-order valence-electron chi connectivity index (χ4n) is 2.62. The number of carbonyl (C=O) groups excluding carboxylic acids is 1. The summed E-state index contributed by atoms with van der Waals surface area (Å²) in [5.41, 5.74) is 3.33. The lowest BCUT2D eigenvalue weighted by Gasteiger charge is -2.06. The number of carbonyl (C=O) groups is 1. The topological polar surface area (TPSA) is 83.4 Å². The summed E-state index contributed by atoms with van der Waals surface area (Å²) in [5, 5.41) is 15.0. The van der Waals surface area contributed by atoms with Crippen LogP contribution in [0.3, 0.4) is 0 Å². The van der Waals surface area contributed by atoms with Crippen molar-refractivity contribution in [2.75, 3.05) is 13.3 Å². The fraction of sp³-hybridized carbons (Fsp3) is 0.238. The molecular formula is C21H21N3O3. The van der Waals surface area contributed by atoms with E-state index in [1.165, 1.54) is 17.3 Å². The highest BCUT2D eigenvalue weighted by Crippen LogP contribution is 2.32. The lowest BCUT2D eigenvalue weighted by atomic mass is 10.1. The third-order valence-electron chi connectivity index (χ3n) is 4.18. The Labute approximate surface area is 158 Å². The van der Waals surface area contributed by atoms with Crippen LogP contribution in [0.1, 0.15) is 16.7 Å². The molecule has 0 aliphatic carbocycles. The van der Waals surface area contributed by atoms with E-state index in [0.29, 0.717) is 24.6 Å². The lowest BCUT2D eigenvalue weighted by Crippen LogP contribution is -2.25. The van der Waals surface area contributed by atoms with Gasteiger partial charge in [0.05, 0.1) is 0 Å². The molecule has 6 nitrogen and oxygen atoms in total. The van der Waals surface area contributed by atoms with E-state index in [0.717, 1.165) is 12.0 Å². The van der Waals surface area contributed by atoms with Crippen LogP contribution in [0.4, 0.5) is 0 Å². The first kappa shape index (κ1) is 18.3. The number of aryl methyl sites for hydroxylation is 1. The molecule has 138 valence electrons. The van der Waals surface area contributed by atoms with Crippen molar-refractivity contribution in [2.24, 2.45) is 0 Å². The van der Waals surface area contributed by atoms with E-state index in [9.17, 15) is 10.1 Å². The van der Waals surface area contributed by atoms with Gasteiger partial charge in [0.25, 0.3) is 5.91 Å². The number of hydrogen-bond donors (Lipinski definition) is 2. The molecule has 2 aromatic rings. The zero-order valence-corrected chi connectivity index (χ0v) is 15.1. The molecule has 1 amide bonds. The summed E-state index contributed by atoms with van der Waals surface area (Å²) in [6, 6.07) is 15.7. The third-order valence-corrected chi connectivity index (χ3v) is 4.18. The van der Waals surface area contributed by atoms with Gasteiger partial charge in [-0.1, -0.05) is 35.9 Å². The molecule has 0 unspecified atom stereocenters. The Morgan fingerprint density at radius 1 is 1.15 bits per heavy atom. The highest BCUT2D eigenvalue weighted by molar-refractivity contribution is 5.97. The number of nitriles is 1. The van der Waals surface area contributed by atoms with Crippen LogP contribution in [0.15, 0.2) is 54.2 Å². The van der Waals surface area contributed by atoms with Gasteiger partial charge in [0, 0.05) is 19.3 Å². The zero-order valence-electron chi connectivity index (χ0n) is 15.1. The summed E-state index contributed by atoms with van der Waals surface area (Å²) < 4.78 is 10.6. The Bertz CT molecular complexity index is 883. The summed E-state index contributed by atoms with van der Waals surface area (Å²) in [5.74, 6) is 0.939. The smallest absolute Gasteiger partial charge is 0.263 e. The quantitative estimate of drug-likeness (QED) is 0.449. The molecule has 1 aliphatic rings. The second-order valence-electron chi connectivity index (χ2n) is 6.23. The summed E-state index contributed by atoms with van der Waals surface area (Å²) >= 11 is 0. The van der Waals surface area contributed by atoms with Gasteiger partial charge >= 0.3 is 0 Å². The second-order valence-corrected chi connectivity index (χ2v) is 6.23. The van der Waals surface area contributed by atoms with Crippen molar-refractivity contribution in [1.82, 2.24) is 10.6 Å². The highest BCUT2D eigenvalue weighted by atomic mass is 16.7. The van der Waals surface area contributed by atoms with Gasteiger partial charge in [-0.05, 0) is 36.6 Å². The first-order valence-electron chi connectivity index (χ1n) is 8.71. The van der Waals surface area contributed by atoms with Gasteiger partial charge in [0.15, 0.2) is 11.5 Å². The van der Waals surface area contributed by atoms with Crippen molar-refractivity contribution in [1.29, 1.82) is 5.26 Å². The van der Waals surface area contributed by atoms with Crippen molar-refractivity contribution in [3.05, 3.63) is 70.9 Å². The van der Waals surface area contributed by atoms with Crippen molar-refractivity contribution >= 4 is 5.91 Å². The maximum atomic E-state index is 12.2. The Balaban J connectivity index is 1.47. The molecule has 0 fully saturated rings. The SMILES string of the molecule is Cc1ccc(CCN/C=C(/C#N)C(=O)NCc2ccc3c(c2)OCO3)cc1. The standard InChI is InChI=1S/C21H21N3O3/c1-15-2-4-16(5-3-15)8-9-23-13-18(11-22)21(25)24-12-17-6-7-19-20(10-17)27-14-26-19/h2-7,10,13,23H,8-9,12,14H2,1H3,(H,24,25)/b18-13-. The lowest BCUT2D eigenvalue weighted by molar-refractivity contribution is -0.117. The molecule has 2 aromatic carbocycles. The van der Waals surface area contributed by atoms with Crippen LogP contribution >= 0.6 is 0 Å². The maximum Gasteiger partial charge on any atom is 0.263 e. The van der Waals surface area contributed by atoms with Gasteiger partial charge in [-0.3, -0.25) is 4.79 Å². The Hall–Kier alpha value is -3.46. The number of fused-ring (bicyclic) bond motifs is 1. The first-order chi connectivity index (χ1) is 13.2. The zero-order chi connectivity index (χ0) is 19.1. The summed E-state index contributed by atoms with van der Waals surface area (Å²) in [6.45, 7) is 3.20. The van der Waals surface area contributed by atoms with Crippen molar-refractivity contribution in [2.45, 2.75) is 19.9 Å². The van der Waals surface area contributed by atoms with Crippen molar-refractivity contribution < 1.29 is 14.3 Å². The van der Waals surface area contributed by atoms with E-state index in [1.807, 2.05) is 25.1 Å². The Morgan fingerprint density at radius 3 is 2.67 bits per heavy atom. The molecule has 6 heteroatoms. The van der Waals surface area contributed by atoms with Crippen molar-refractivity contribution in [3.8, 4) is 17.6 Å². The second kappa shape index (κ2) is 8.77. The number of nitrogens with one attached hydrogen (secondary N) is 2. The van der Waals surface area contributed by atoms with Crippen LogP contribution in [0.2, 0.25) is 0 Å². The van der Waals surface area contributed by atoms with Crippen LogP contribution < -0.4 is 20.1 Å². The molecule has 0 bridgehead atoms. The van der Waals surface area contributed by atoms with Crippen molar-refractivity contribution in [3.63, 3.8) is 0 Å². The third kappa shape index (κ3) is 5.02. The molecule has 1 aliphatic heterocycles. The molecular weight excluding hydrogens is 342 g/mol. The van der Waals surface area contributed by atoms with Gasteiger partial charge in [-0.15, -0.1) is 0 Å². The number of rotatable bonds is 7. The van der Waals surface area contributed by atoms with E-state index >= 15 is 0 Å². The molecule has 0 saturated carbocycles. The monoisotopic (exact) mass is 363 g/mol. The van der Waals surface area contributed by atoms with E-state index < -0.39 is 5.91 Å². The molecule has 2 N–H and O–H groups in total. The number of amides is 1. The summed E-state index contributed by atoms with van der Waals surface area (Å²) in [7, 11) is 0. The van der Waals surface area contributed by atoms with Crippen LogP contribution in [0.5, 0.6) is 11.5 Å². The van der Waals surface area contributed by atoms with E-state index in [-0.39, 0.29) is 12.4 Å². The van der Waals surface area contributed by atoms with Crippen LogP contribution in [0.25, 0.3) is 0 Å². The largest absolute Gasteiger partial charge is 0.454 e. The van der Waals surface area contributed by atoms with Gasteiger partial charge < -0.3 is 20.1 Å². The van der Waals surface area contributed by atoms with Crippen LogP contribution in [-0.2, 0) is 17.8 Å². The van der Waals surface area contributed by atoms with Crippen LogP contribution in [-0.4, -0.2) is 19.2 Å². The molecule has 0 atom stereocenters. The number of benzene rings is 2. The Kier molecular flexibility index (Phi) is 5.95. The molecule has 0 radical (unpaired) electrons. The average Bonchev–Trinajstić information content (AvgIpc) is 3.15. The maximum absolute atomic E-state index is 12.2. The van der Waals surface area contributed by atoms with Gasteiger partial charge in [-0.25, -0.2) is 0 Å². The van der Waals surface area contributed by atoms with Gasteiger partial charge in [-0.2, -0.15) is 5.26 Å². The minimum Gasteiger partial charge on any atom is -0.454 e. The molecule has 0 aromatic heterocycles. The molecule has 0 spiro atoms. The summed E-state index contributed by atoms with van der Waals surface area (Å²) in [4.78, 5) is 12.2. The predicted octanol–water partition coefficient (Wildman–Crippen LogP) is 2.58. The van der Waals surface area contributed by atoms with Gasteiger partial charge in [0.1, 0.15) is 11.6 Å². The van der Waals surface area contributed by atoms with E-state index in [4.69, 9.17) is 9.47 Å². The molecule has 27 heavy (non-hydrogen) atoms. The normalized spacial score (nSPS) is 12.4. The average molecular weight is 363 g/mol. The minimum atomic E-state index is -0.419. The van der Waals surface area contributed by atoms with Gasteiger partial charge in [0.2, 0.25) is 6.79 Å².